The van der Waals surface area contributed by atoms with Gasteiger partial charge in [0.25, 0.3) is 0 Å². The zero-order valence-electron chi connectivity index (χ0n) is 11.7. The molecule has 0 saturated heterocycles. The van der Waals surface area contributed by atoms with Gasteiger partial charge in [0.15, 0.2) is 0 Å². The Labute approximate surface area is 112 Å². The Morgan fingerprint density at radius 3 is 2.58 bits per heavy atom. The number of carboxylic acid groups (broad SMARTS) is 1. The standard InChI is InChI=1S/C15H19NO3/c1-5-16-12-7-6-11(19-4)8-10(12)9-13(16)15(2,3)14(17)18/h6-9H,5H2,1-4H3,(H,17,18). The van der Waals surface area contributed by atoms with Crippen molar-refractivity contribution in [2.45, 2.75) is 32.7 Å². The molecule has 0 aliphatic heterocycles. The van der Waals surface area contributed by atoms with E-state index in [9.17, 15) is 9.90 Å². The third-order valence-corrected chi connectivity index (χ3v) is 3.60. The molecule has 0 aliphatic carbocycles. The summed E-state index contributed by atoms with van der Waals surface area (Å²) >= 11 is 0. The SMILES string of the molecule is CCn1c(C(C)(C)C(=O)O)cc2cc(OC)ccc21. The Bertz CT molecular complexity index is 626. The van der Waals surface area contributed by atoms with Crippen molar-refractivity contribution in [3.63, 3.8) is 0 Å². The normalized spacial score (nSPS) is 11.8. The second-order valence-corrected chi connectivity index (χ2v) is 5.13. The topological polar surface area (TPSA) is 51.5 Å². The molecule has 4 heteroatoms. The molecular formula is C15H19NO3. The molecule has 0 radical (unpaired) electrons. The van der Waals surface area contributed by atoms with Crippen LogP contribution in [0.4, 0.5) is 0 Å². The summed E-state index contributed by atoms with van der Waals surface area (Å²) < 4.78 is 7.26. The average molecular weight is 261 g/mol. The molecule has 1 aromatic heterocycles. The van der Waals surface area contributed by atoms with Crippen molar-refractivity contribution in [1.82, 2.24) is 4.57 Å². The molecule has 102 valence electrons. The maximum Gasteiger partial charge on any atom is 0.315 e. The lowest BCUT2D eigenvalue weighted by atomic mass is 9.89. The van der Waals surface area contributed by atoms with E-state index in [1.807, 2.05) is 35.8 Å². The van der Waals surface area contributed by atoms with Crippen molar-refractivity contribution in [3.8, 4) is 5.75 Å². The highest BCUT2D eigenvalue weighted by Gasteiger charge is 2.33. The molecule has 0 atom stereocenters. The molecule has 0 unspecified atom stereocenters. The molecule has 2 aromatic rings. The highest BCUT2D eigenvalue weighted by Crippen LogP contribution is 2.31. The molecule has 0 saturated carbocycles. The molecule has 0 amide bonds. The summed E-state index contributed by atoms with van der Waals surface area (Å²) in [6.07, 6.45) is 0. The van der Waals surface area contributed by atoms with Crippen LogP contribution in [0.25, 0.3) is 10.9 Å². The van der Waals surface area contributed by atoms with Crippen molar-refractivity contribution in [2.75, 3.05) is 7.11 Å². The monoisotopic (exact) mass is 261 g/mol. The van der Waals surface area contributed by atoms with E-state index in [1.54, 1.807) is 21.0 Å². The van der Waals surface area contributed by atoms with Gasteiger partial charge in [-0.25, -0.2) is 0 Å². The largest absolute Gasteiger partial charge is 0.497 e. The molecule has 0 aliphatic rings. The predicted octanol–water partition coefficient (Wildman–Crippen LogP) is 3.03. The van der Waals surface area contributed by atoms with E-state index in [0.717, 1.165) is 28.9 Å². The highest BCUT2D eigenvalue weighted by atomic mass is 16.5. The lowest BCUT2D eigenvalue weighted by Crippen LogP contribution is -2.31. The number of benzene rings is 1. The number of nitrogens with zero attached hydrogens (tertiary/aromatic N) is 1. The average Bonchev–Trinajstić information content (AvgIpc) is 2.76. The number of fused-ring (bicyclic) bond motifs is 1. The molecule has 19 heavy (non-hydrogen) atoms. The summed E-state index contributed by atoms with van der Waals surface area (Å²) in [5, 5.41) is 10.4. The summed E-state index contributed by atoms with van der Waals surface area (Å²) in [5.74, 6) is -0.0441. The van der Waals surface area contributed by atoms with E-state index in [-0.39, 0.29) is 0 Å². The van der Waals surface area contributed by atoms with E-state index < -0.39 is 11.4 Å². The number of aliphatic carboxylic acids is 1. The van der Waals surface area contributed by atoms with Gasteiger partial charge in [-0.2, -0.15) is 0 Å². The molecule has 0 fully saturated rings. The lowest BCUT2D eigenvalue weighted by Gasteiger charge is -2.21. The van der Waals surface area contributed by atoms with Crippen molar-refractivity contribution < 1.29 is 14.6 Å². The molecular weight excluding hydrogens is 242 g/mol. The predicted molar refractivity (Wildman–Crippen MR) is 74.8 cm³/mol. The van der Waals surface area contributed by atoms with Gasteiger partial charge < -0.3 is 14.4 Å². The van der Waals surface area contributed by atoms with Crippen LogP contribution < -0.4 is 4.74 Å². The van der Waals surface area contributed by atoms with Gasteiger partial charge in [0, 0.05) is 23.1 Å². The van der Waals surface area contributed by atoms with Crippen LogP contribution >= 0.6 is 0 Å². The maximum atomic E-state index is 11.5. The minimum Gasteiger partial charge on any atom is -0.497 e. The van der Waals surface area contributed by atoms with Crippen molar-refractivity contribution in [2.24, 2.45) is 0 Å². The smallest absolute Gasteiger partial charge is 0.315 e. The number of rotatable bonds is 4. The minimum absolute atomic E-state index is 0.738. The van der Waals surface area contributed by atoms with Crippen molar-refractivity contribution in [1.29, 1.82) is 0 Å². The quantitative estimate of drug-likeness (QED) is 0.920. The Balaban J connectivity index is 2.71. The number of aryl methyl sites for hydroxylation is 1. The molecule has 1 aromatic carbocycles. The fourth-order valence-electron chi connectivity index (χ4n) is 2.34. The Kier molecular flexibility index (Phi) is 3.27. The first kappa shape index (κ1) is 13.5. The number of aromatic nitrogens is 1. The van der Waals surface area contributed by atoms with E-state index >= 15 is 0 Å². The van der Waals surface area contributed by atoms with Gasteiger partial charge in [-0.05, 0) is 45.0 Å². The molecule has 0 spiro atoms. The van der Waals surface area contributed by atoms with Crippen LogP contribution in [0.5, 0.6) is 5.75 Å². The molecule has 4 nitrogen and oxygen atoms in total. The van der Waals surface area contributed by atoms with E-state index in [2.05, 4.69) is 0 Å². The first-order chi connectivity index (χ1) is 8.91. The van der Waals surface area contributed by atoms with Gasteiger partial charge in [-0.1, -0.05) is 0 Å². The number of carbonyl (C=O) groups is 1. The van der Waals surface area contributed by atoms with Crippen LogP contribution in [0.1, 0.15) is 26.5 Å². The fraction of sp³-hybridized carbons (Fsp3) is 0.400. The van der Waals surface area contributed by atoms with Crippen LogP contribution in [-0.2, 0) is 16.8 Å². The summed E-state index contributed by atoms with van der Waals surface area (Å²) in [6, 6.07) is 7.74. The lowest BCUT2D eigenvalue weighted by molar-refractivity contribution is -0.142. The van der Waals surface area contributed by atoms with E-state index in [0.29, 0.717) is 0 Å². The van der Waals surface area contributed by atoms with Crippen molar-refractivity contribution >= 4 is 16.9 Å². The Morgan fingerprint density at radius 1 is 1.37 bits per heavy atom. The Morgan fingerprint density at radius 2 is 2.05 bits per heavy atom. The number of carboxylic acids is 1. The van der Waals surface area contributed by atoms with Crippen LogP contribution in [0.2, 0.25) is 0 Å². The van der Waals surface area contributed by atoms with Gasteiger partial charge in [0.2, 0.25) is 0 Å². The third-order valence-electron chi connectivity index (χ3n) is 3.60. The third kappa shape index (κ3) is 2.07. The molecule has 1 N–H and O–H groups in total. The number of hydrogen-bond donors (Lipinski definition) is 1. The van der Waals surface area contributed by atoms with Crippen LogP contribution in [0.3, 0.4) is 0 Å². The second-order valence-electron chi connectivity index (χ2n) is 5.13. The van der Waals surface area contributed by atoms with Gasteiger partial charge in [0.1, 0.15) is 11.2 Å². The highest BCUT2D eigenvalue weighted by molar-refractivity contribution is 5.87. The molecule has 0 bridgehead atoms. The number of methoxy groups -OCH3 is 1. The number of ether oxygens (including phenoxy) is 1. The number of hydrogen-bond acceptors (Lipinski definition) is 2. The van der Waals surface area contributed by atoms with E-state index in [1.165, 1.54) is 0 Å². The first-order valence-corrected chi connectivity index (χ1v) is 6.33. The van der Waals surface area contributed by atoms with Crippen LogP contribution in [-0.4, -0.2) is 22.8 Å². The van der Waals surface area contributed by atoms with Crippen molar-refractivity contribution in [3.05, 3.63) is 30.0 Å². The summed E-state index contributed by atoms with van der Waals surface area (Å²) in [6.45, 7) is 6.22. The van der Waals surface area contributed by atoms with Gasteiger partial charge >= 0.3 is 5.97 Å². The minimum atomic E-state index is -0.914. The van der Waals surface area contributed by atoms with E-state index in [4.69, 9.17) is 4.74 Å². The fourth-order valence-corrected chi connectivity index (χ4v) is 2.34. The van der Waals surface area contributed by atoms with Gasteiger partial charge in [-0.15, -0.1) is 0 Å². The summed E-state index contributed by atoms with van der Waals surface area (Å²) in [5.41, 5.74) is 0.931. The van der Waals surface area contributed by atoms with Gasteiger partial charge in [-0.3, -0.25) is 4.79 Å². The first-order valence-electron chi connectivity index (χ1n) is 6.33. The van der Waals surface area contributed by atoms with Crippen LogP contribution in [0, 0.1) is 0 Å². The molecule has 1 heterocycles. The van der Waals surface area contributed by atoms with Crippen LogP contribution in [0.15, 0.2) is 24.3 Å². The summed E-state index contributed by atoms with van der Waals surface area (Å²) in [4.78, 5) is 11.5. The van der Waals surface area contributed by atoms with Gasteiger partial charge in [0.05, 0.1) is 7.11 Å². The second kappa shape index (κ2) is 4.61. The molecule has 2 rings (SSSR count). The Hall–Kier alpha value is -1.97. The maximum absolute atomic E-state index is 11.5. The zero-order valence-corrected chi connectivity index (χ0v) is 11.7. The zero-order chi connectivity index (χ0) is 14.2. The summed E-state index contributed by atoms with van der Waals surface area (Å²) in [7, 11) is 1.63.